The van der Waals surface area contributed by atoms with Gasteiger partial charge in [-0.3, -0.25) is 0 Å². The van der Waals surface area contributed by atoms with Gasteiger partial charge in [-0.2, -0.15) is 0 Å². The lowest BCUT2D eigenvalue weighted by molar-refractivity contribution is 0.584. The lowest BCUT2D eigenvalue weighted by Gasteiger charge is -2.34. The third kappa shape index (κ3) is 4.53. The number of para-hydroxylation sites is 1. The summed E-state index contributed by atoms with van der Waals surface area (Å²) in [6.45, 7) is 2.26. The normalized spacial score (nSPS) is 18.1. The quantitative estimate of drug-likeness (QED) is 0.236. The van der Waals surface area contributed by atoms with E-state index in [4.69, 9.17) is 4.42 Å². The van der Waals surface area contributed by atoms with Crippen LogP contribution >= 0.6 is 0 Å². The molecule has 7 rings (SSSR count). The predicted molar refractivity (Wildman–Crippen MR) is 164 cm³/mol. The van der Waals surface area contributed by atoms with Gasteiger partial charge in [-0.25, -0.2) is 0 Å². The van der Waals surface area contributed by atoms with Crippen LogP contribution in [0.4, 0.5) is 11.4 Å². The van der Waals surface area contributed by atoms with Crippen LogP contribution in [-0.2, 0) is 6.42 Å². The van der Waals surface area contributed by atoms with Crippen molar-refractivity contribution in [2.75, 3.05) is 4.90 Å². The molecule has 4 aromatic carbocycles. The van der Waals surface area contributed by atoms with E-state index in [0.717, 1.165) is 24.2 Å². The number of nitrogens with zero attached hydrogens (tertiary/aromatic N) is 1. The Kier molecular flexibility index (Phi) is 6.01. The number of benzene rings is 4. The molecule has 0 N–H and O–H groups in total. The first-order valence-corrected chi connectivity index (χ1v) is 13.8. The molecule has 0 spiro atoms. The lowest BCUT2D eigenvalue weighted by atomic mass is 9.92. The fraction of sp³-hybridized carbons (Fsp3) is 0.135. The maximum atomic E-state index is 6.13. The van der Waals surface area contributed by atoms with E-state index in [0.29, 0.717) is 5.92 Å². The van der Waals surface area contributed by atoms with E-state index in [9.17, 15) is 0 Å². The van der Waals surface area contributed by atoms with Crippen LogP contribution in [0.1, 0.15) is 30.2 Å². The van der Waals surface area contributed by atoms with Crippen molar-refractivity contribution >= 4 is 34.0 Å². The monoisotopic (exact) mass is 505 g/mol. The van der Waals surface area contributed by atoms with Crippen LogP contribution in [-0.4, -0.2) is 6.04 Å². The number of allylic oxidation sites excluding steroid dienone is 3. The van der Waals surface area contributed by atoms with Crippen molar-refractivity contribution < 1.29 is 4.42 Å². The topological polar surface area (TPSA) is 16.4 Å². The Morgan fingerprint density at radius 3 is 2.21 bits per heavy atom. The first kappa shape index (κ1) is 23.5. The first-order valence-electron chi connectivity index (χ1n) is 13.8. The predicted octanol–water partition coefficient (Wildman–Crippen LogP) is 9.86. The van der Waals surface area contributed by atoms with E-state index in [2.05, 4.69) is 145 Å². The number of rotatable bonds is 5. The zero-order valence-corrected chi connectivity index (χ0v) is 22.1. The van der Waals surface area contributed by atoms with Crippen LogP contribution in [0, 0.1) is 5.92 Å². The van der Waals surface area contributed by atoms with Crippen molar-refractivity contribution in [3.05, 3.63) is 144 Å². The average Bonchev–Trinajstić information content (AvgIpc) is 3.36. The smallest absolute Gasteiger partial charge is 0.135 e. The Labute approximate surface area is 230 Å². The van der Waals surface area contributed by atoms with Crippen molar-refractivity contribution in [2.24, 2.45) is 5.92 Å². The molecule has 1 aromatic heterocycles. The third-order valence-corrected chi connectivity index (χ3v) is 7.97. The first-order chi connectivity index (χ1) is 19.2. The highest BCUT2D eigenvalue weighted by atomic mass is 16.3. The van der Waals surface area contributed by atoms with Gasteiger partial charge in [-0.1, -0.05) is 98.0 Å². The highest BCUT2D eigenvalue weighted by Crippen LogP contribution is 2.38. The van der Waals surface area contributed by atoms with Gasteiger partial charge in [-0.05, 0) is 83.5 Å². The van der Waals surface area contributed by atoms with Crippen LogP contribution < -0.4 is 4.90 Å². The minimum absolute atomic E-state index is 0.224. The molecule has 2 nitrogen and oxygen atoms in total. The third-order valence-electron chi connectivity index (χ3n) is 7.97. The fourth-order valence-corrected chi connectivity index (χ4v) is 5.97. The summed E-state index contributed by atoms with van der Waals surface area (Å²) in [4.78, 5) is 2.46. The standard InChI is InChI=1S/C37H31NO/c1-26-15-21-36-34(23-26)35-25-30(18-22-37(35)39-36)28-16-19-32(20-17-28)38(31-12-6-3-7-13-31)33-14-8-11-29(24-33)27-9-4-2-5-10-27/h2-22,25-26,33H,23-24H2,1H3. The molecular formula is C37H31NO. The van der Waals surface area contributed by atoms with Gasteiger partial charge >= 0.3 is 0 Å². The Balaban J connectivity index is 1.22. The van der Waals surface area contributed by atoms with Gasteiger partial charge in [-0.15, -0.1) is 0 Å². The van der Waals surface area contributed by atoms with Crippen LogP contribution in [0.25, 0.3) is 33.7 Å². The Hall–Kier alpha value is -4.56. The molecule has 2 unspecified atom stereocenters. The molecule has 190 valence electrons. The maximum Gasteiger partial charge on any atom is 0.135 e. The molecule has 0 bridgehead atoms. The van der Waals surface area contributed by atoms with Crippen LogP contribution in [0.2, 0.25) is 0 Å². The molecule has 2 atom stereocenters. The van der Waals surface area contributed by atoms with Crippen molar-refractivity contribution in [2.45, 2.75) is 25.8 Å². The van der Waals surface area contributed by atoms with Gasteiger partial charge in [0.25, 0.3) is 0 Å². The number of anilines is 2. The summed E-state index contributed by atoms with van der Waals surface area (Å²) in [6.07, 6.45) is 13.1. The van der Waals surface area contributed by atoms with E-state index in [-0.39, 0.29) is 6.04 Å². The molecular weight excluding hydrogens is 474 g/mol. The molecule has 2 aliphatic carbocycles. The highest BCUT2D eigenvalue weighted by molar-refractivity contribution is 5.89. The Morgan fingerprint density at radius 2 is 1.41 bits per heavy atom. The van der Waals surface area contributed by atoms with E-state index in [1.165, 1.54) is 44.6 Å². The minimum Gasteiger partial charge on any atom is -0.456 e. The average molecular weight is 506 g/mol. The Bertz CT molecular complexity index is 1700. The van der Waals surface area contributed by atoms with Crippen molar-refractivity contribution in [3.8, 4) is 11.1 Å². The molecule has 0 saturated heterocycles. The second kappa shape index (κ2) is 9.96. The summed E-state index contributed by atoms with van der Waals surface area (Å²) >= 11 is 0. The van der Waals surface area contributed by atoms with Crippen molar-refractivity contribution in [1.82, 2.24) is 0 Å². The number of furan rings is 1. The van der Waals surface area contributed by atoms with Gasteiger partial charge in [0.1, 0.15) is 11.3 Å². The van der Waals surface area contributed by atoms with Gasteiger partial charge in [0, 0.05) is 22.3 Å². The van der Waals surface area contributed by atoms with Gasteiger partial charge in [0.05, 0.1) is 6.04 Å². The summed E-state index contributed by atoms with van der Waals surface area (Å²) in [5.74, 6) is 1.55. The molecule has 0 fully saturated rings. The second-order valence-corrected chi connectivity index (χ2v) is 10.7. The van der Waals surface area contributed by atoms with Crippen LogP contribution in [0.5, 0.6) is 0 Å². The molecule has 2 heteroatoms. The summed E-state index contributed by atoms with van der Waals surface area (Å²) in [5, 5.41) is 1.24. The molecule has 0 saturated carbocycles. The SMILES string of the molecule is CC1C=Cc2oc3ccc(-c4ccc(N(c5ccccc5)C5C=CC=C(c6ccccc6)C5)cc4)cc3c2C1. The molecule has 0 amide bonds. The summed E-state index contributed by atoms with van der Waals surface area (Å²) in [7, 11) is 0. The number of hydrogen-bond donors (Lipinski definition) is 0. The van der Waals surface area contributed by atoms with Gasteiger partial charge in [0.2, 0.25) is 0 Å². The van der Waals surface area contributed by atoms with E-state index in [1.54, 1.807) is 0 Å². The van der Waals surface area contributed by atoms with Gasteiger partial charge in [0.15, 0.2) is 0 Å². The molecule has 1 heterocycles. The van der Waals surface area contributed by atoms with Crippen LogP contribution in [0.3, 0.4) is 0 Å². The maximum absolute atomic E-state index is 6.13. The van der Waals surface area contributed by atoms with Crippen molar-refractivity contribution in [3.63, 3.8) is 0 Å². The summed E-state index contributed by atoms with van der Waals surface area (Å²) < 4.78 is 6.13. The zero-order chi connectivity index (χ0) is 26.2. The molecule has 2 aliphatic rings. The summed E-state index contributed by atoms with van der Waals surface area (Å²) in [5.41, 5.74) is 9.78. The largest absolute Gasteiger partial charge is 0.456 e. The number of hydrogen-bond acceptors (Lipinski definition) is 2. The molecule has 39 heavy (non-hydrogen) atoms. The highest BCUT2D eigenvalue weighted by Gasteiger charge is 2.23. The van der Waals surface area contributed by atoms with Gasteiger partial charge < -0.3 is 9.32 Å². The summed E-state index contributed by atoms with van der Waals surface area (Å²) in [6, 6.07) is 37.3. The van der Waals surface area contributed by atoms with E-state index >= 15 is 0 Å². The molecule has 5 aromatic rings. The van der Waals surface area contributed by atoms with E-state index in [1.807, 2.05) is 0 Å². The zero-order valence-electron chi connectivity index (χ0n) is 22.1. The minimum atomic E-state index is 0.224. The van der Waals surface area contributed by atoms with Crippen LogP contribution in [0.15, 0.2) is 132 Å². The lowest BCUT2D eigenvalue weighted by Crippen LogP contribution is -2.30. The van der Waals surface area contributed by atoms with E-state index < -0.39 is 0 Å². The second-order valence-electron chi connectivity index (χ2n) is 10.7. The number of fused-ring (bicyclic) bond motifs is 3. The molecule has 0 aliphatic heterocycles. The van der Waals surface area contributed by atoms with Crippen molar-refractivity contribution in [1.29, 1.82) is 0 Å². The Morgan fingerprint density at radius 1 is 0.692 bits per heavy atom. The fourth-order valence-electron chi connectivity index (χ4n) is 5.97. The molecule has 0 radical (unpaired) electrons.